The van der Waals surface area contributed by atoms with Gasteiger partial charge in [-0.05, 0) is 25.8 Å². The lowest BCUT2D eigenvalue weighted by molar-refractivity contribution is 0.336. The number of unbranched alkanes of at least 4 members (excludes halogenated alkanes) is 7. The third kappa shape index (κ3) is 9.94. The molecule has 0 saturated carbocycles. The number of hydrogen-bond acceptors (Lipinski definition) is 1. The van der Waals surface area contributed by atoms with Crippen LogP contribution in [-0.4, -0.2) is 12.6 Å². The monoisotopic (exact) mass is 255 g/mol. The molecule has 0 aliphatic carbocycles. The molecule has 0 rings (SSSR count). The van der Waals surface area contributed by atoms with Crippen molar-refractivity contribution in [2.45, 2.75) is 97.9 Å². The molecule has 0 fully saturated rings. The van der Waals surface area contributed by atoms with Crippen LogP contribution >= 0.6 is 0 Å². The molecule has 0 aromatic heterocycles. The molecule has 2 atom stereocenters. The summed E-state index contributed by atoms with van der Waals surface area (Å²) in [5, 5.41) is 3.57. The van der Waals surface area contributed by atoms with Crippen LogP contribution in [0.5, 0.6) is 0 Å². The van der Waals surface area contributed by atoms with E-state index < -0.39 is 0 Å². The van der Waals surface area contributed by atoms with Gasteiger partial charge in [0.15, 0.2) is 0 Å². The highest BCUT2D eigenvalue weighted by Crippen LogP contribution is 2.18. The van der Waals surface area contributed by atoms with Crippen LogP contribution in [0.15, 0.2) is 0 Å². The van der Waals surface area contributed by atoms with E-state index in [1.54, 1.807) is 0 Å². The van der Waals surface area contributed by atoms with Crippen molar-refractivity contribution in [1.29, 1.82) is 0 Å². The Morgan fingerprint density at radius 2 is 1.33 bits per heavy atom. The van der Waals surface area contributed by atoms with Gasteiger partial charge < -0.3 is 5.32 Å². The molecule has 0 bridgehead atoms. The normalized spacial score (nSPS) is 14.7. The first kappa shape index (κ1) is 18.0. The molecule has 0 aliphatic rings. The molecule has 1 N–H and O–H groups in total. The van der Waals surface area contributed by atoms with E-state index >= 15 is 0 Å². The minimum absolute atomic E-state index is 0.699. The summed E-state index contributed by atoms with van der Waals surface area (Å²) in [6.45, 7) is 10.3. The van der Waals surface area contributed by atoms with Gasteiger partial charge in [0.1, 0.15) is 0 Å². The second-order valence-electron chi connectivity index (χ2n) is 5.78. The smallest absolute Gasteiger partial charge is 0.00667 e. The van der Waals surface area contributed by atoms with Gasteiger partial charge in [0.25, 0.3) is 0 Å². The zero-order chi connectivity index (χ0) is 13.6. The third-order valence-corrected chi connectivity index (χ3v) is 4.19. The highest BCUT2D eigenvalue weighted by molar-refractivity contribution is 4.70. The van der Waals surface area contributed by atoms with Crippen LogP contribution in [0, 0.1) is 5.92 Å². The zero-order valence-corrected chi connectivity index (χ0v) is 13.4. The second-order valence-corrected chi connectivity index (χ2v) is 5.78. The van der Waals surface area contributed by atoms with Crippen molar-refractivity contribution in [2.75, 3.05) is 6.54 Å². The van der Waals surface area contributed by atoms with Crippen molar-refractivity contribution in [3.05, 3.63) is 0 Å². The highest BCUT2D eigenvalue weighted by Gasteiger charge is 2.13. The van der Waals surface area contributed by atoms with E-state index in [4.69, 9.17) is 0 Å². The first-order valence-corrected chi connectivity index (χ1v) is 8.49. The third-order valence-electron chi connectivity index (χ3n) is 4.19. The van der Waals surface area contributed by atoms with E-state index in [2.05, 4.69) is 33.0 Å². The average molecular weight is 255 g/mol. The fourth-order valence-electron chi connectivity index (χ4n) is 2.84. The maximum absolute atomic E-state index is 3.57. The summed E-state index contributed by atoms with van der Waals surface area (Å²) in [6.07, 6.45) is 14.2. The Kier molecular flexibility index (Phi) is 13.4. The Labute approximate surface area is 116 Å². The summed E-state index contributed by atoms with van der Waals surface area (Å²) in [5.41, 5.74) is 0. The molecule has 0 aromatic rings. The van der Waals surface area contributed by atoms with Crippen molar-refractivity contribution in [3.63, 3.8) is 0 Å². The summed E-state index contributed by atoms with van der Waals surface area (Å²) in [6, 6.07) is 0.699. The van der Waals surface area contributed by atoms with Gasteiger partial charge in [-0.2, -0.15) is 0 Å². The van der Waals surface area contributed by atoms with Crippen LogP contribution < -0.4 is 5.32 Å². The van der Waals surface area contributed by atoms with Gasteiger partial charge in [-0.25, -0.2) is 0 Å². The topological polar surface area (TPSA) is 12.0 Å². The van der Waals surface area contributed by atoms with Gasteiger partial charge >= 0.3 is 0 Å². The molecule has 0 aliphatic heterocycles. The fourth-order valence-corrected chi connectivity index (χ4v) is 2.84. The Balaban J connectivity index is 3.39. The zero-order valence-electron chi connectivity index (χ0n) is 13.4. The minimum Gasteiger partial charge on any atom is -0.314 e. The van der Waals surface area contributed by atoms with E-state index in [9.17, 15) is 0 Å². The Morgan fingerprint density at radius 1 is 0.778 bits per heavy atom. The molecular weight excluding hydrogens is 218 g/mol. The molecular formula is C17H37N. The summed E-state index contributed by atoms with van der Waals surface area (Å²) < 4.78 is 0. The summed E-state index contributed by atoms with van der Waals surface area (Å²) in [4.78, 5) is 0. The Morgan fingerprint density at radius 3 is 1.83 bits per heavy atom. The van der Waals surface area contributed by atoms with Crippen molar-refractivity contribution >= 4 is 0 Å². The maximum atomic E-state index is 3.57. The van der Waals surface area contributed by atoms with Crippen LogP contribution in [0.1, 0.15) is 91.9 Å². The van der Waals surface area contributed by atoms with Gasteiger partial charge in [-0.1, -0.05) is 78.6 Å². The van der Waals surface area contributed by atoms with E-state index in [-0.39, 0.29) is 0 Å². The highest BCUT2D eigenvalue weighted by atomic mass is 14.9. The molecule has 0 amide bonds. The van der Waals surface area contributed by atoms with Crippen molar-refractivity contribution in [1.82, 2.24) is 5.32 Å². The summed E-state index contributed by atoms with van der Waals surface area (Å²) >= 11 is 0. The molecule has 18 heavy (non-hydrogen) atoms. The maximum Gasteiger partial charge on any atom is 0.00667 e. The van der Waals surface area contributed by atoms with Gasteiger partial charge in [-0.15, -0.1) is 0 Å². The van der Waals surface area contributed by atoms with Crippen molar-refractivity contribution in [3.8, 4) is 0 Å². The predicted molar refractivity (Wildman–Crippen MR) is 84.1 cm³/mol. The lowest BCUT2D eigenvalue weighted by Crippen LogP contribution is -2.33. The minimum atomic E-state index is 0.699. The largest absolute Gasteiger partial charge is 0.314 e. The second kappa shape index (κ2) is 13.4. The van der Waals surface area contributed by atoms with Gasteiger partial charge in [0.05, 0.1) is 0 Å². The molecule has 110 valence electrons. The van der Waals surface area contributed by atoms with Crippen molar-refractivity contribution in [2.24, 2.45) is 5.92 Å². The molecule has 1 heteroatoms. The van der Waals surface area contributed by atoms with E-state index in [1.807, 2.05) is 0 Å². The van der Waals surface area contributed by atoms with E-state index in [1.165, 1.54) is 64.2 Å². The van der Waals surface area contributed by atoms with E-state index in [0.29, 0.717) is 6.04 Å². The standard InChI is InChI=1S/C17H37N/c1-5-8-9-10-11-12-13-14-15-17(6-2)16(4)18-7-3/h16-18H,5-15H2,1-4H3. The van der Waals surface area contributed by atoms with Crippen molar-refractivity contribution < 1.29 is 0 Å². The molecule has 0 aromatic carbocycles. The lowest BCUT2D eigenvalue weighted by Gasteiger charge is -2.23. The van der Waals surface area contributed by atoms with Crippen LogP contribution in [0.25, 0.3) is 0 Å². The molecule has 0 spiro atoms. The van der Waals surface area contributed by atoms with Gasteiger partial charge in [-0.3, -0.25) is 0 Å². The van der Waals surface area contributed by atoms with Crippen LogP contribution in [0.3, 0.4) is 0 Å². The molecule has 0 saturated heterocycles. The van der Waals surface area contributed by atoms with Gasteiger partial charge in [0.2, 0.25) is 0 Å². The van der Waals surface area contributed by atoms with Gasteiger partial charge in [0, 0.05) is 6.04 Å². The van der Waals surface area contributed by atoms with E-state index in [0.717, 1.165) is 12.5 Å². The van der Waals surface area contributed by atoms with Crippen LogP contribution in [0.4, 0.5) is 0 Å². The fraction of sp³-hybridized carbons (Fsp3) is 1.00. The number of rotatable bonds is 13. The number of nitrogens with one attached hydrogen (secondary N) is 1. The van der Waals surface area contributed by atoms with Crippen LogP contribution in [-0.2, 0) is 0 Å². The molecule has 1 nitrogen and oxygen atoms in total. The summed E-state index contributed by atoms with van der Waals surface area (Å²) in [7, 11) is 0. The first-order valence-electron chi connectivity index (χ1n) is 8.49. The SMILES string of the molecule is CCCCCCCCCCC(CC)C(C)NCC. The quantitative estimate of drug-likeness (QED) is 0.426. The molecule has 2 unspecified atom stereocenters. The Hall–Kier alpha value is -0.0400. The first-order chi connectivity index (χ1) is 8.76. The molecule has 0 radical (unpaired) electrons. The van der Waals surface area contributed by atoms with Crippen LogP contribution in [0.2, 0.25) is 0 Å². The number of hydrogen-bond donors (Lipinski definition) is 1. The molecule has 0 heterocycles. The average Bonchev–Trinajstić information content (AvgIpc) is 2.37. The summed E-state index contributed by atoms with van der Waals surface area (Å²) in [5.74, 6) is 0.880. The lowest BCUT2D eigenvalue weighted by atomic mass is 9.91. The Bertz CT molecular complexity index is 156. The predicted octanol–water partition coefficient (Wildman–Crippen LogP) is 5.54.